The van der Waals surface area contributed by atoms with E-state index in [1.165, 1.54) is 5.01 Å². The van der Waals surface area contributed by atoms with Crippen molar-refractivity contribution < 1.29 is 9.90 Å². The maximum Gasteiger partial charge on any atom is 0.243 e. The molecule has 1 atom stereocenters. The molecule has 1 amide bonds. The van der Waals surface area contributed by atoms with Gasteiger partial charge in [-0.1, -0.05) is 30.7 Å². The smallest absolute Gasteiger partial charge is 0.243 e. The number of aliphatic hydroxyl groups excluding tert-OH is 1. The van der Waals surface area contributed by atoms with Crippen molar-refractivity contribution in [2.75, 3.05) is 6.54 Å². The van der Waals surface area contributed by atoms with Crippen molar-refractivity contribution in [3.8, 4) is 0 Å². The van der Waals surface area contributed by atoms with Crippen molar-refractivity contribution in [2.45, 2.75) is 32.3 Å². The van der Waals surface area contributed by atoms with Gasteiger partial charge in [-0.25, -0.2) is 5.01 Å². The van der Waals surface area contributed by atoms with E-state index in [1.807, 2.05) is 19.1 Å². The Morgan fingerprint density at radius 3 is 2.68 bits per heavy atom. The van der Waals surface area contributed by atoms with Gasteiger partial charge in [-0.05, 0) is 24.1 Å². The minimum absolute atomic E-state index is 0.0368. The molecule has 19 heavy (non-hydrogen) atoms. The Bertz CT molecular complexity index is 485. The molecule has 0 radical (unpaired) electrons. The number of carbonyl (C=O) groups is 1. The Balaban J connectivity index is 2.18. The molecule has 0 aromatic heterocycles. The first kappa shape index (κ1) is 14.0. The highest BCUT2D eigenvalue weighted by atomic mass is 35.5. The number of rotatable bonds is 4. The van der Waals surface area contributed by atoms with E-state index in [2.05, 4.69) is 5.10 Å². The van der Waals surface area contributed by atoms with Crippen LogP contribution >= 0.6 is 11.6 Å². The van der Waals surface area contributed by atoms with Crippen molar-refractivity contribution in [1.29, 1.82) is 0 Å². The van der Waals surface area contributed by atoms with Crippen molar-refractivity contribution >= 4 is 23.2 Å². The van der Waals surface area contributed by atoms with E-state index in [-0.39, 0.29) is 12.5 Å². The summed E-state index contributed by atoms with van der Waals surface area (Å²) in [4.78, 5) is 11.8. The number of hydrogen-bond acceptors (Lipinski definition) is 3. The fourth-order valence-electron chi connectivity index (χ4n) is 1.92. The molecule has 1 aliphatic rings. The van der Waals surface area contributed by atoms with E-state index in [0.29, 0.717) is 24.3 Å². The molecule has 4 nitrogen and oxygen atoms in total. The zero-order valence-corrected chi connectivity index (χ0v) is 11.6. The van der Waals surface area contributed by atoms with E-state index in [1.54, 1.807) is 12.1 Å². The third kappa shape index (κ3) is 3.55. The van der Waals surface area contributed by atoms with Crippen LogP contribution in [0.25, 0.3) is 0 Å². The molecule has 0 saturated heterocycles. The zero-order chi connectivity index (χ0) is 13.8. The molecular formula is C14H17ClN2O2. The van der Waals surface area contributed by atoms with Gasteiger partial charge in [0.1, 0.15) is 0 Å². The summed E-state index contributed by atoms with van der Waals surface area (Å²) < 4.78 is 0. The molecule has 1 heterocycles. The molecule has 1 aliphatic heterocycles. The van der Waals surface area contributed by atoms with Gasteiger partial charge in [0.2, 0.25) is 5.91 Å². The molecule has 1 N–H and O–H groups in total. The van der Waals surface area contributed by atoms with Crippen molar-refractivity contribution in [2.24, 2.45) is 5.10 Å². The third-order valence-electron chi connectivity index (χ3n) is 3.14. The van der Waals surface area contributed by atoms with Crippen molar-refractivity contribution in [3.63, 3.8) is 0 Å². The average molecular weight is 281 g/mol. The molecule has 1 unspecified atom stereocenters. The van der Waals surface area contributed by atoms with Crippen LogP contribution in [0.1, 0.15) is 31.7 Å². The van der Waals surface area contributed by atoms with E-state index >= 15 is 0 Å². The topological polar surface area (TPSA) is 52.9 Å². The van der Waals surface area contributed by atoms with Gasteiger partial charge >= 0.3 is 0 Å². The highest BCUT2D eigenvalue weighted by Crippen LogP contribution is 2.17. The molecule has 1 aromatic rings. The summed E-state index contributed by atoms with van der Waals surface area (Å²) in [6.45, 7) is 2.13. The maximum absolute atomic E-state index is 11.8. The standard InChI is InChI=1S/C14H17ClN2O2/c1-2-12(18)9-17-14(19)8-7-13(16-17)10-3-5-11(15)6-4-10/h3-6,12,18H,2,7-9H2,1H3. The van der Waals surface area contributed by atoms with Gasteiger partial charge in [-0.2, -0.15) is 5.10 Å². The lowest BCUT2D eigenvalue weighted by atomic mass is 10.0. The lowest BCUT2D eigenvalue weighted by Gasteiger charge is -2.25. The second kappa shape index (κ2) is 6.17. The molecule has 102 valence electrons. The quantitative estimate of drug-likeness (QED) is 0.921. The Hall–Kier alpha value is -1.39. The summed E-state index contributed by atoms with van der Waals surface area (Å²) in [7, 11) is 0. The monoisotopic (exact) mass is 280 g/mol. The lowest BCUT2D eigenvalue weighted by Crippen LogP contribution is -2.37. The summed E-state index contributed by atoms with van der Waals surface area (Å²) in [6.07, 6.45) is 1.13. The number of β-amino-alcohol motifs (C(OH)–C–C–N with tert-alkyl or cyclic N) is 1. The predicted octanol–water partition coefficient (Wildman–Crippen LogP) is 2.44. The van der Waals surface area contributed by atoms with Gasteiger partial charge in [-0.3, -0.25) is 4.79 Å². The Morgan fingerprint density at radius 1 is 1.37 bits per heavy atom. The minimum Gasteiger partial charge on any atom is -0.391 e. The van der Waals surface area contributed by atoms with E-state index in [0.717, 1.165) is 11.3 Å². The average Bonchev–Trinajstić information content (AvgIpc) is 2.42. The fourth-order valence-corrected chi connectivity index (χ4v) is 2.05. The molecule has 0 aliphatic carbocycles. The Morgan fingerprint density at radius 2 is 2.05 bits per heavy atom. The maximum atomic E-state index is 11.8. The van der Waals surface area contributed by atoms with E-state index in [4.69, 9.17) is 11.6 Å². The Labute approximate surface area is 117 Å². The molecule has 2 rings (SSSR count). The van der Waals surface area contributed by atoms with Gasteiger partial charge in [0.15, 0.2) is 0 Å². The van der Waals surface area contributed by atoms with Gasteiger partial charge in [0.05, 0.1) is 18.4 Å². The fraction of sp³-hybridized carbons (Fsp3) is 0.429. The van der Waals surface area contributed by atoms with Crippen LogP contribution in [0.15, 0.2) is 29.4 Å². The van der Waals surface area contributed by atoms with Crippen LogP contribution in [0, 0.1) is 0 Å². The van der Waals surface area contributed by atoms with Gasteiger partial charge in [-0.15, -0.1) is 0 Å². The number of halogens is 1. The molecular weight excluding hydrogens is 264 g/mol. The summed E-state index contributed by atoms with van der Waals surface area (Å²) in [5.41, 5.74) is 1.83. The molecule has 1 aromatic carbocycles. The number of hydrogen-bond donors (Lipinski definition) is 1. The molecule has 0 spiro atoms. The lowest BCUT2D eigenvalue weighted by molar-refractivity contribution is -0.133. The third-order valence-corrected chi connectivity index (χ3v) is 3.39. The van der Waals surface area contributed by atoms with Crippen molar-refractivity contribution in [1.82, 2.24) is 5.01 Å². The zero-order valence-electron chi connectivity index (χ0n) is 10.8. The summed E-state index contributed by atoms with van der Waals surface area (Å²) >= 11 is 5.85. The van der Waals surface area contributed by atoms with Crippen LogP contribution in [0.3, 0.4) is 0 Å². The predicted molar refractivity (Wildman–Crippen MR) is 75.2 cm³/mol. The van der Waals surface area contributed by atoms with Crippen molar-refractivity contribution in [3.05, 3.63) is 34.9 Å². The first-order valence-electron chi connectivity index (χ1n) is 6.42. The largest absolute Gasteiger partial charge is 0.391 e. The van der Waals surface area contributed by atoms with Crippen LogP contribution in [-0.2, 0) is 4.79 Å². The molecule has 0 fully saturated rings. The molecule has 5 heteroatoms. The number of aliphatic hydroxyl groups is 1. The van der Waals surface area contributed by atoms with Crippen LogP contribution in [0.4, 0.5) is 0 Å². The SMILES string of the molecule is CCC(O)CN1N=C(c2ccc(Cl)cc2)CCC1=O. The van der Waals surface area contributed by atoms with Crippen LogP contribution < -0.4 is 0 Å². The molecule has 0 bridgehead atoms. The highest BCUT2D eigenvalue weighted by Gasteiger charge is 2.22. The van der Waals surface area contributed by atoms with Crippen LogP contribution in [0.5, 0.6) is 0 Å². The van der Waals surface area contributed by atoms with Gasteiger partial charge < -0.3 is 5.11 Å². The first-order chi connectivity index (χ1) is 9.10. The van der Waals surface area contributed by atoms with Crippen LogP contribution in [-0.4, -0.2) is 34.4 Å². The molecule has 0 saturated carbocycles. The van der Waals surface area contributed by atoms with E-state index in [9.17, 15) is 9.90 Å². The van der Waals surface area contributed by atoms with Gasteiger partial charge in [0.25, 0.3) is 0 Å². The number of benzene rings is 1. The summed E-state index contributed by atoms with van der Waals surface area (Å²) in [5, 5.41) is 16.0. The Kier molecular flexibility index (Phi) is 4.56. The minimum atomic E-state index is -0.530. The second-order valence-electron chi connectivity index (χ2n) is 4.59. The first-order valence-corrected chi connectivity index (χ1v) is 6.79. The highest BCUT2D eigenvalue weighted by molar-refractivity contribution is 6.30. The number of carbonyl (C=O) groups excluding carboxylic acids is 1. The van der Waals surface area contributed by atoms with E-state index < -0.39 is 6.10 Å². The van der Waals surface area contributed by atoms with Crippen LogP contribution in [0.2, 0.25) is 5.02 Å². The number of amides is 1. The number of hydrazone groups is 1. The summed E-state index contributed by atoms with van der Waals surface area (Å²) in [6, 6.07) is 7.40. The number of nitrogens with zero attached hydrogens (tertiary/aromatic N) is 2. The van der Waals surface area contributed by atoms with Gasteiger partial charge in [0, 0.05) is 17.9 Å². The normalized spacial score (nSPS) is 17.3. The second-order valence-corrected chi connectivity index (χ2v) is 5.03. The summed E-state index contributed by atoms with van der Waals surface area (Å²) in [5.74, 6) is -0.0368.